The van der Waals surface area contributed by atoms with Crippen LogP contribution in [-0.2, 0) is 11.3 Å². The van der Waals surface area contributed by atoms with Gasteiger partial charge in [-0.3, -0.25) is 4.98 Å². The van der Waals surface area contributed by atoms with E-state index in [1.165, 1.54) is 5.56 Å². The van der Waals surface area contributed by atoms with Crippen molar-refractivity contribution in [1.29, 1.82) is 0 Å². The molecule has 1 saturated carbocycles. The van der Waals surface area contributed by atoms with Crippen LogP contribution in [-0.4, -0.2) is 22.0 Å². The fourth-order valence-corrected chi connectivity index (χ4v) is 2.68. The monoisotopic (exact) mass is 270 g/mol. The molecule has 1 aromatic carbocycles. The Bertz CT molecular complexity index is 609. The Morgan fingerprint density at radius 1 is 1.20 bits per heavy atom. The van der Waals surface area contributed by atoms with Gasteiger partial charge in [-0.25, -0.2) is 0 Å². The van der Waals surface area contributed by atoms with Crippen molar-refractivity contribution in [3.63, 3.8) is 0 Å². The quantitative estimate of drug-likeness (QED) is 0.685. The van der Waals surface area contributed by atoms with Crippen LogP contribution in [0.4, 0.5) is 0 Å². The lowest BCUT2D eigenvalue weighted by Crippen LogP contribution is -2.21. The van der Waals surface area contributed by atoms with Gasteiger partial charge in [0.2, 0.25) is 0 Å². The van der Waals surface area contributed by atoms with E-state index in [1.807, 2.05) is 30.5 Å². The molecule has 0 saturated heterocycles. The van der Waals surface area contributed by atoms with Gasteiger partial charge in [-0.2, -0.15) is 0 Å². The Morgan fingerprint density at radius 2 is 2.00 bits per heavy atom. The van der Waals surface area contributed by atoms with E-state index < -0.39 is 0 Å². The summed E-state index contributed by atoms with van der Waals surface area (Å²) in [6, 6.07) is 10.1. The maximum Gasteiger partial charge on any atom is 0.0727 e. The van der Waals surface area contributed by atoms with Crippen LogP contribution < -0.4 is 0 Å². The summed E-state index contributed by atoms with van der Waals surface area (Å²) in [5.41, 5.74) is 3.07. The maximum absolute atomic E-state index is 8.74. The third kappa shape index (κ3) is 2.80. The molecule has 20 heavy (non-hydrogen) atoms. The third-order valence-electron chi connectivity index (χ3n) is 3.87. The summed E-state index contributed by atoms with van der Waals surface area (Å²) in [6.45, 7) is 0.610. The van der Waals surface area contributed by atoms with Crippen LogP contribution in [0.5, 0.6) is 0 Å². The standard InChI is InChI=1S/C16H18N2O2/c19-18-13-5-7-14(8-6-13)20-11-12-9-10-17-16-4-2-1-3-15(12)16/h1-4,9-10,14,19H,5-8,11H2. The lowest BCUT2D eigenvalue weighted by atomic mass is 9.96. The molecule has 0 amide bonds. The Morgan fingerprint density at radius 3 is 2.80 bits per heavy atom. The molecule has 0 radical (unpaired) electrons. The van der Waals surface area contributed by atoms with Crippen molar-refractivity contribution in [3.05, 3.63) is 42.1 Å². The second-order valence-electron chi connectivity index (χ2n) is 5.16. The second-order valence-corrected chi connectivity index (χ2v) is 5.16. The first-order valence-corrected chi connectivity index (χ1v) is 7.01. The van der Waals surface area contributed by atoms with Gasteiger partial charge in [-0.15, -0.1) is 0 Å². The van der Waals surface area contributed by atoms with E-state index in [4.69, 9.17) is 9.94 Å². The average molecular weight is 270 g/mol. The van der Waals surface area contributed by atoms with E-state index in [0.717, 1.165) is 42.3 Å². The summed E-state index contributed by atoms with van der Waals surface area (Å²) in [6.07, 6.45) is 5.62. The van der Waals surface area contributed by atoms with Gasteiger partial charge in [-0.05, 0) is 43.4 Å². The van der Waals surface area contributed by atoms with Gasteiger partial charge in [0.05, 0.1) is 23.9 Å². The number of benzene rings is 1. The number of fused-ring (bicyclic) bond motifs is 1. The first-order chi connectivity index (χ1) is 9.86. The van der Waals surface area contributed by atoms with Gasteiger partial charge in [0.1, 0.15) is 0 Å². The third-order valence-corrected chi connectivity index (χ3v) is 3.87. The summed E-state index contributed by atoms with van der Waals surface area (Å²) < 4.78 is 6.01. The summed E-state index contributed by atoms with van der Waals surface area (Å²) in [4.78, 5) is 4.36. The van der Waals surface area contributed by atoms with E-state index >= 15 is 0 Å². The highest BCUT2D eigenvalue weighted by atomic mass is 16.5. The van der Waals surface area contributed by atoms with E-state index in [-0.39, 0.29) is 6.10 Å². The number of rotatable bonds is 3. The Balaban J connectivity index is 1.66. The molecule has 3 rings (SSSR count). The minimum absolute atomic E-state index is 0.257. The Hall–Kier alpha value is -1.94. The van der Waals surface area contributed by atoms with E-state index in [2.05, 4.69) is 16.2 Å². The average Bonchev–Trinajstić information content (AvgIpc) is 2.53. The van der Waals surface area contributed by atoms with Crippen LogP contribution in [0.2, 0.25) is 0 Å². The highest BCUT2D eigenvalue weighted by molar-refractivity contribution is 5.84. The molecule has 4 nitrogen and oxygen atoms in total. The molecule has 1 heterocycles. The topological polar surface area (TPSA) is 54.7 Å². The minimum Gasteiger partial charge on any atom is -0.411 e. The number of oxime groups is 1. The van der Waals surface area contributed by atoms with Gasteiger partial charge >= 0.3 is 0 Å². The number of hydrogen-bond acceptors (Lipinski definition) is 4. The van der Waals surface area contributed by atoms with E-state index in [1.54, 1.807) is 0 Å². The van der Waals surface area contributed by atoms with Crippen LogP contribution in [0.3, 0.4) is 0 Å². The molecule has 0 bridgehead atoms. The Labute approximate surface area is 118 Å². The predicted octanol–water partition coefficient (Wildman–Crippen LogP) is 3.52. The lowest BCUT2D eigenvalue weighted by molar-refractivity contribution is 0.0283. The van der Waals surface area contributed by atoms with Crippen molar-refractivity contribution in [2.75, 3.05) is 0 Å². The summed E-state index contributed by atoms with van der Waals surface area (Å²) >= 11 is 0. The molecule has 1 fully saturated rings. The van der Waals surface area contributed by atoms with Gasteiger partial charge in [0.25, 0.3) is 0 Å². The van der Waals surface area contributed by atoms with Crippen molar-refractivity contribution in [2.24, 2.45) is 5.16 Å². The summed E-state index contributed by atoms with van der Waals surface area (Å²) in [7, 11) is 0. The van der Waals surface area contributed by atoms with Crippen molar-refractivity contribution in [1.82, 2.24) is 4.98 Å². The van der Waals surface area contributed by atoms with E-state index in [9.17, 15) is 0 Å². The smallest absolute Gasteiger partial charge is 0.0727 e. The molecule has 4 heteroatoms. The van der Waals surface area contributed by atoms with Gasteiger partial charge in [0.15, 0.2) is 0 Å². The predicted molar refractivity (Wildman–Crippen MR) is 78.0 cm³/mol. The summed E-state index contributed by atoms with van der Waals surface area (Å²) in [5, 5.41) is 13.2. The first kappa shape index (κ1) is 13.1. The minimum atomic E-state index is 0.257. The van der Waals surface area contributed by atoms with Gasteiger partial charge in [-0.1, -0.05) is 23.4 Å². The molecule has 1 N–H and O–H groups in total. The number of pyridine rings is 1. The first-order valence-electron chi connectivity index (χ1n) is 7.01. The zero-order valence-corrected chi connectivity index (χ0v) is 11.3. The van der Waals surface area contributed by atoms with Crippen LogP contribution in [0.15, 0.2) is 41.7 Å². The van der Waals surface area contributed by atoms with Gasteiger partial charge < -0.3 is 9.94 Å². The largest absolute Gasteiger partial charge is 0.411 e. The molecule has 0 aliphatic heterocycles. The van der Waals surface area contributed by atoms with Crippen molar-refractivity contribution in [3.8, 4) is 0 Å². The molecule has 1 aromatic heterocycles. The summed E-state index contributed by atoms with van der Waals surface area (Å²) in [5.74, 6) is 0. The molecular weight excluding hydrogens is 252 g/mol. The van der Waals surface area contributed by atoms with Crippen molar-refractivity contribution < 1.29 is 9.94 Å². The highest BCUT2D eigenvalue weighted by Crippen LogP contribution is 2.22. The van der Waals surface area contributed by atoms with Crippen LogP contribution >= 0.6 is 0 Å². The SMILES string of the molecule is ON=C1CCC(OCc2ccnc3ccccc23)CC1. The molecule has 2 aromatic rings. The molecular formula is C16H18N2O2. The zero-order valence-electron chi connectivity index (χ0n) is 11.3. The number of nitrogens with zero attached hydrogens (tertiary/aromatic N) is 2. The zero-order chi connectivity index (χ0) is 13.8. The van der Waals surface area contributed by atoms with Crippen LogP contribution in [0.25, 0.3) is 10.9 Å². The maximum atomic E-state index is 8.74. The van der Waals surface area contributed by atoms with Crippen LogP contribution in [0, 0.1) is 0 Å². The molecule has 0 spiro atoms. The number of aromatic nitrogens is 1. The lowest BCUT2D eigenvalue weighted by Gasteiger charge is -2.23. The van der Waals surface area contributed by atoms with Gasteiger partial charge in [0, 0.05) is 11.6 Å². The number of hydrogen-bond donors (Lipinski definition) is 1. The molecule has 104 valence electrons. The molecule has 0 atom stereocenters. The fraction of sp³-hybridized carbons (Fsp3) is 0.375. The normalized spacial score (nSPS) is 19.2. The molecule has 1 aliphatic rings. The number of ether oxygens (including phenoxy) is 1. The highest BCUT2D eigenvalue weighted by Gasteiger charge is 2.18. The molecule has 1 aliphatic carbocycles. The second kappa shape index (κ2) is 6.01. The Kier molecular flexibility index (Phi) is 3.92. The molecule has 0 unspecified atom stereocenters. The number of para-hydroxylation sites is 1. The van der Waals surface area contributed by atoms with Crippen molar-refractivity contribution >= 4 is 16.6 Å². The van der Waals surface area contributed by atoms with E-state index in [0.29, 0.717) is 6.61 Å². The van der Waals surface area contributed by atoms with Crippen molar-refractivity contribution in [2.45, 2.75) is 38.4 Å². The van der Waals surface area contributed by atoms with Crippen LogP contribution in [0.1, 0.15) is 31.2 Å². The fourth-order valence-electron chi connectivity index (χ4n) is 2.68.